The molecular formula is C52H30F6N2. The van der Waals surface area contributed by atoms with Gasteiger partial charge in [0.2, 0.25) is 0 Å². The zero-order valence-electron chi connectivity index (χ0n) is 31.5. The quantitative estimate of drug-likeness (QED) is 0.112. The van der Waals surface area contributed by atoms with Gasteiger partial charge in [0.05, 0.1) is 22.7 Å². The SMILES string of the molecule is Fc1ccc(-c2cc(F)cc(F)c2N(c2ccccc2)c2ccc3ccc4c(N(c5ccccc5)c5c(F)cc(F)cc5-c5ccc(F)cc5)ccc5ccc2c3c54)cc1. The van der Waals surface area contributed by atoms with Crippen molar-refractivity contribution < 1.29 is 26.3 Å². The molecule has 0 aliphatic carbocycles. The average molecular weight is 797 g/mol. The first-order chi connectivity index (χ1) is 29.2. The Labute approximate surface area is 340 Å². The molecule has 0 unspecified atom stereocenters. The van der Waals surface area contributed by atoms with Crippen LogP contribution in [0.2, 0.25) is 0 Å². The molecule has 290 valence electrons. The maximum atomic E-state index is 16.6. The predicted molar refractivity (Wildman–Crippen MR) is 230 cm³/mol. The van der Waals surface area contributed by atoms with Gasteiger partial charge < -0.3 is 9.80 Å². The lowest BCUT2D eigenvalue weighted by atomic mass is 9.91. The van der Waals surface area contributed by atoms with Gasteiger partial charge in [-0.3, -0.25) is 0 Å². The molecule has 2 nitrogen and oxygen atoms in total. The van der Waals surface area contributed by atoms with Crippen LogP contribution in [0.25, 0.3) is 54.6 Å². The van der Waals surface area contributed by atoms with Gasteiger partial charge in [-0.25, -0.2) is 26.3 Å². The van der Waals surface area contributed by atoms with Gasteiger partial charge >= 0.3 is 0 Å². The van der Waals surface area contributed by atoms with Gasteiger partial charge in [-0.15, -0.1) is 0 Å². The largest absolute Gasteiger partial charge is 0.307 e. The lowest BCUT2D eigenvalue weighted by Crippen LogP contribution is -2.15. The Morgan fingerprint density at radius 2 is 0.683 bits per heavy atom. The Balaban J connectivity index is 1.26. The van der Waals surface area contributed by atoms with Crippen LogP contribution in [-0.4, -0.2) is 0 Å². The molecule has 0 aliphatic rings. The molecule has 10 aromatic rings. The first-order valence-corrected chi connectivity index (χ1v) is 19.1. The van der Waals surface area contributed by atoms with Crippen molar-refractivity contribution in [3.63, 3.8) is 0 Å². The van der Waals surface area contributed by atoms with Crippen molar-refractivity contribution in [1.82, 2.24) is 0 Å². The molecule has 0 saturated carbocycles. The van der Waals surface area contributed by atoms with Crippen molar-refractivity contribution in [1.29, 1.82) is 0 Å². The van der Waals surface area contributed by atoms with Crippen LogP contribution in [0.1, 0.15) is 0 Å². The van der Waals surface area contributed by atoms with E-state index in [-0.39, 0.29) is 22.5 Å². The summed E-state index contributed by atoms with van der Waals surface area (Å²) in [5.41, 5.74) is 3.79. The second kappa shape index (κ2) is 14.7. The van der Waals surface area contributed by atoms with Crippen molar-refractivity contribution in [3.05, 3.63) is 217 Å². The molecule has 0 atom stereocenters. The molecule has 8 heteroatoms. The Hall–Kier alpha value is -7.58. The van der Waals surface area contributed by atoms with E-state index in [0.717, 1.165) is 44.5 Å². The number of anilines is 6. The second-order valence-corrected chi connectivity index (χ2v) is 14.5. The first-order valence-electron chi connectivity index (χ1n) is 19.1. The molecule has 0 heterocycles. The number of hydrogen-bond donors (Lipinski definition) is 0. The second-order valence-electron chi connectivity index (χ2n) is 14.5. The molecule has 0 bridgehead atoms. The van der Waals surface area contributed by atoms with E-state index in [1.54, 1.807) is 9.80 Å². The minimum absolute atomic E-state index is 0.0697. The van der Waals surface area contributed by atoms with E-state index in [2.05, 4.69) is 0 Å². The summed E-state index contributed by atoms with van der Waals surface area (Å²) in [6.07, 6.45) is 0. The first kappa shape index (κ1) is 36.7. The van der Waals surface area contributed by atoms with Crippen LogP contribution in [0.3, 0.4) is 0 Å². The number of nitrogens with zero attached hydrogens (tertiary/aromatic N) is 2. The lowest BCUT2D eigenvalue weighted by Gasteiger charge is -2.31. The van der Waals surface area contributed by atoms with Crippen LogP contribution in [0, 0.1) is 34.9 Å². The highest BCUT2D eigenvalue weighted by Gasteiger charge is 2.28. The fourth-order valence-corrected chi connectivity index (χ4v) is 8.38. The van der Waals surface area contributed by atoms with E-state index in [0.29, 0.717) is 33.9 Å². The molecule has 0 amide bonds. The van der Waals surface area contributed by atoms with E-state index in [1.165, 1.54) is 60.7 Å². The zero-order valence-corrected chi connectivity index (χ0v) is 31.5. The average Bonchev–Trinajstić information content (AvgIpc) is 3.26. The van der Waals surface area contributed by atoms with Gasteiger partial charge in [0.25, 0.3) is 0 Å². The normalized spacial score (nSPS) is 11.5. The van der Waals surface area contributed by atoms with Crippen LogP contribution in [0.5, 0.6) is 0 Å². The highest BCUT2D eigenvalue weighted by Crippen LogP contribution is 2.51. The number of hydrogen-bond acceptors (Lipinski definition) is 2. The van der Waals surface area contributed by atoms with E-state index in [4.69, 9.17) is 0 Å². The maximum Gasteiger partial charge on any atom is 0.150 e. The third kappa shape index (κ3) is 6.25. The van der Waals surface area contributed by atoms with Crippen LogP contribution in [0.15, 0.2) is 182 Å². The Kier molecular flexibility index (Phi) is 8.98. The summed E-state index contributed by atoms with van der Waals surface area (Å²) in [5.74, 6) is -4.17. The molecule has 0 aliphatic heterocycles. The third-order valence-corrected chi connectivity index (χ3v) is 10.9. The number of rotatable bonds is 8. The van der Waals surface area contributed by atoms with Crippen molar-refractivity contribution in [2.45, 2.75) is 0 Å². The predicted octanol–water partition coefficient (Wildman–Crippen LogP) is 15.7. The summed E-state index contributed by atoms with van der Waals surface area (Å²) >= 11 is 0. The fourth-order valence-electron chi connectivity index (χ4n) is 8.38. The van der Waals surface area contributed by atoms with Crippen LogP contribution in [0.4, 0.5) is 60.5 Å². The van der Waals surface area contributed by atoms with Crippen molar-refractivity contribution in [2.24, 2.45) is 0 Å². The van der Waals surface area contributed by atoms with Crippen molar-refractivity contribution >= 4 is 66.4 Å². The van der Waals surface area contributed by atoms with E-state index in [9.17, 15) is 8.78 Å². The molecular weight excluding hydrogens is 767 g/mol. The maximum absolute atomic E-state index is 16.6. The molecule has 0 radical (unpaired) electrons. The Morgan fingerprint density at radius 1 is 0.317 bits per heavy atom. The van der Waals surface area contributed by atoms with Gasteiger partial charge in [0.15, 0.2) is 11.6 Å². The summed E-state index contributed by atoms with van der Waals surface area (Å²) in [7, 11) is 0. The molecule has 0 aromatic heterocycles. The van der Waals surface area contributed by atoms with Gasteiger partial charge in [-0.2, -0.15) is 0 Å². The molecule has 0 N–H and O–H groups in total. The summed E-state index contributed by atoms with van der Waals surface area (Å²) in [6.45, 7) is 0. The summed E-state index contributed by atoms with van der Waals surface area (Å²) < 4.78 is 91.6. The van der Waals surface area contributed by atoms with E-state index >= 15 is 17.6 Å². The van der Waals surface area contributed by atoms with Crippen LogP contribution < -0.4 is 9.80 Å². The van der Waals surface area contributed by atoms with Gasteiger partial charge in [-0.05, 0) is 105 Å². The molecule has 10 rings (SSSR count). The molecule has 0 spiro atoms. The van der Waals surface area contributed by atoms with Crippen molar-refractivity contribution in [2.75, 3.05) is 9.80 Å². The Morgan fingerprint density at radius 3 is 1.07 bits per heavy atom. The van der Waals surface area contributed by atoms with Crippen LogP contribution in [-0.2, 0) is 0 Å². The van der Waals surface area contributed by atoms with Gasteiger partial charge in [0.1, 0.15) is 23.3 Å². The monoisotopic (exact) mass is 796 g/mol. The minimum Gasteiger partial charge on any atom is -0.307 e. The summed E-state index contributed by atoms with van der Waals surface area (Å²) in [4.78, 5) is 3.50. The van der Waals surface area contributed by atoms with E-state index in [1.807, 2.05) is 109 Å². The smallest absolute Gasteiger partial charge is 0.150 e. The molecule has 60 heavy (non-hydrogen) atoms. The number of benzene rings is 10. The lowest BCUT2D eigenvalue weighted by molar-refractivity contribution is 0.584. The minimum atomic E-state index is -0.817. The highest BCUT2D eigenvalue weighted by atomic mass is 19.2. The highest BCUT2D eigenvalue weighted by molar-refractivity contribution is 6.28. The van der Waals surface area contributed by atoms with Gasteiger partial charge in [-0.1, -0.05) is 97.1 Å². The standard InChI is InChI=1S/C52H30F6N2/c53-35-19-11-31(12-20-35)43-27-37(55)29-45(57)51(43)59(39-7-3-1-4-8-39)47-25-17-33-16-24-42-48(26-18-34-15-23-41(47)49(33)50(34)42)60(40-9-5-2-6-10-40)52-44(28-38(56)30-46(52)58)32-13-21-36(54)22-14-32/h1-30H. The molecule has 0 fully saturated rings. The van der Waals surface area contributed by atoms with Crippen molar-refractivity contribution in [3.8, 4) is 22.3 Å². The van der Waals surface area contributed by atoms with E-state index < -0.39 is 34.9 Å². The molecule has 10 aromatic carbocycles. The molecule has 0 saturated heterocycles. The summed E-state index contributed by atoms with van der Waals surface area (Å²) in [6, 6.07) is 49.1. The van der Waals surface area contributed by atoms with Crippen LogP contribution >= 0.6 is 0 Å². The number of para-hydroxylation sites is 2. The van der Waals surface area contributed by atoms with Gasteiger partial charge in [0, 0.05) is 45.4 Å². The fraction of sp³-hybridized carbons (Fsp3) is 0. The topological polar surface area (TPSA) is 6.48 Å². The third-order valence-electron chi connectivity index (χ3n) is 10.9. The number of halogens is 6. The Bertz CT molecular complexity index is 2990. The summed E-state index contributed by atoms with van der Waals surface area (Å²) in [5, 5.41) is 4.91. The zero-order chi connectivity index (χ0) is 41.1.